The molecule has 5 amide bonds. The maximum absolute atomic E-state index is 14.5. The van der Waals surface area contributed by atoms with Crippen molar-refractivity contribution in [2.45, 2.75) is 63.6 Å². The highest BCUT2D eigenvalue weighted by Crippen LogP contribution is 2.47. The molecule has 0 radical (unpaired) electrons. The molecule has 4 atom stereocenters. The normalized spacial score (nSPS) is 24.3. The first-order valence-electron chi connectivity index (χ1n) is 13.1. The number of urea groups is 1. The highest BCUT2D eigenvalue weighted by molar-refractivity contribution is 6.09. The van der Waals surface area contributed by atoms with Crippen molar-refractivity contribution >= 4 is 35.1 Å². The van der Waals surface area contributed by atoms with Gasteiger partial charge in [0.15, 0.2) is 0 Å². The predicted molar refractivity (Wildman–Crippen MR) is 144 cm³/mol. The number of halogens is 1. The summed E-state index contributed by atoms with van der Waals surface area (Å²) in [6.07, 6.45) is 0.349. The van der Waals surface area contributed by atoms with Gasteiger partial charge in [-0.1, -0.05) is 45.0 Å². The van der Waals surface area contributed by atoms with Crippen LogP contribution in [-0.4, -0.2) is 53.3 Å². The average Bonchev–Trinajstić information content (AvgIpc) is 3.40. The van der Waals surface area contributed by atoms with E-state index in [4.69, 9.17) is 5.73 Å². The number of carbonyl (C=O) groups excluding carboxylic acids is 4. The lowest BCUT2D eigenvalue weighted by Crippen LogP contribution is -2.61. The minimum absolute atomic E-state index is 0.0471. The molecule has 3 aliphatic heterocycles. The van der Waals surface area contributed by atoms with Gasteiger partial charge in [-0.05, 0) is 41.2 Å². The molecular formula is C29H31FN6O4. The Morgan fingerprint density at radius 3 is 2.65 bits per heavy atom. The molecule has 0 saturated carbocycles. The van der Waals surface area contributed by atoms with Crippen molar-refractivity contribution < 1.29 is 23.6 Å². The van der Waals surface area contributed by atoms with Crippen LogP contribution in [-0.2, 0) is 26.2 Å². The molecule has 0 unspecified atom stereocenters. The second kappa shape index (κ2) is 9.62. The van der Waals surface area contributed by atoms with Crippen LogP contribution in [0.2, 0.25) is 0 Å². The molecule has 11 heteroatoms. The number of hydrogen-bond donors (Lipinski definition) is 3. The van der Waals surface area contributed by atoms with Gasteiger partial charge in [0.05, 0.1) is 17.2 Å². The third-order valence-corrected chi connectivity index (χ3v) is 7.90. The lowest BCUT2D eigenvalue weighted by Gasteiger charge is -2.42. The molecule has 0 bridgehead atoms. The lowest BCUT2D eigenvalue weighted by atomic mass is 9.80. The van der Waals surface area contributed by atoms with Gasteiger partial charge in [0, 0.05) is 25.1 Å². The van der Waals surface area contributed by atoms with Gasteiger partial charge < -0.3 is 21.3 Å². The number of nitriles is 1. The lowest BCUT2D eigenvalue weighted by molar-refractivity contribution is -0.136. The number of benzene rings is 2. The molecule has 2 aromatic rings. The van der Waals surface area contributed by atoms with E-state index in [1.807, 2.05) is 26.8 Å². The third-order valence-electron chi connectivity index (χ3n) is 7.90. The number of primary amides is 1. The van der Waals surface area contributed by atoms with Crippen LogP contribution in [0.5, 0.6) is 0 Å². The zero-order valence-corrected chi connectivity index (χ0v) is 22.5. The van der Waals surface area contributed by atoms with Crippen molar-refractivity contribution in [1.82, 2.24) is 10.2 Å². The quantitative estimate of drug-likeness (QED) is 0.539. The van der Waals surface area contributed by atoms with Crippen molar-refractivity contribution in [2.24, 2.45) is 11.1 Å². The molecule has 40 heavy (non-hydrogen) atoms. The summed E-state index contributed by atoms with van der Waals surface area (Å²) in [5, 5.41) is 15.4. The molecule has 2 aromatic carbocycles. The maximum atomic E-state index is 14.5. The summed E-state index contributed by atoms with van der Waals surface area (Å²) in [4.78, 5) is 55.9. The molecule has 3 aliphatic rings. The number of carbonyl (C=O) groups is 4. The number of fused-ring (bicyclic) bond motifs is 3. The van der Waals surface area contributed by atoms with Gasteiger partial charge in [-0.2, -0.15) is 5.26 Å². The summed E-state index contributed by atoms with van der Waals surface area (Å²) in [5.41, 5.74) is 5.89. The first-order chi connectivity index (χ1) is 18.8. The summed E-state index contributed by atoms with van der Waals surface area (Å²) in [7, 11) is 0. The Hall–Kier alpha value is -4.46. The second-order valence-corrected chi connectivity index (χ2v) is 11.9. The standard InChI is InChI=1S/C29H31FN6O4/c1-28(2,3)13-23(36-22-11-17(30)9-8-16(22)10-21(24(36)37)34-27(32)40)25(38)35-15-29(12-18(35)14-31)19-6-4-5-7-20(19)33-26(29)39/h4-9,11,18,21,23H,10,12-13,15H2,1-3H3,(H,33,39)(H3,32,34,40)/t18-,21-,23-,29-/m0/s1. The Morgan fingerprint density at radius 2 is 1.98 bits per heavy atom. The third kappa shape index (κ3) is 4.53. The van der Waals surface area contributed by atoms with E-state index in [1.165, 1.54) is 28.0 Å². The summed E-state index contributed by atoms with van der Waals surface area (Å²) < 4.78 is 14.5. The van der Waals surface area contributed by atoms with E-state index >= 15 is 0 Å². The molecule has 1 saturated heterocycles. The summed E-state index contributed by atoms with van der Waals surface area (Å²) in [6, 6.07) is 9.30. The summed E-state index contributed by atoms with van der Waals surface area (Å²) in [5.74, 6) is -2.01. The zero-order chi connectivity index (χ0) is 29.0. The molecule has 208 valence electrons. The van der Waals surface area contributed by atoms with Crippen LogP contribution in [0.4, 0.5) is 20.6 Å². The monoisotopic (exact) mass is 546 g/mol. The van der Waals surface area contributed by atoms with E-state index in [1.54, 1.807) is 18.2 Å². The maximum Gasteiger partial charge on any atom is 0.312 e. The van der Waals surface area contributed by atoms with Crippen LogP contribution in [0.1, 0.15) is 44.7 Å². The van der Waals surface area contributed by atoms with Gasteiger partial charge in [0.25, 0.3) is 5.91 Å². The Labute approximate surface area is 231 Å². The number of para-hydroxylation sites is 1. The number of nitrogens with two attached hydrogens (primary N) is 1. The number of amides is 5. The average molecular weight is 547 g/mol. The number of anilines is 2. The minimum atomic E-state index is -1.14. The number of likely N-dealkylation sites (tertiary alicyclic amines) is 1. The Morgan fingerprint density at radius 1 is 1.25 bits per heavy atom. The molecular weight excluding hydrogens is 515 g/mol. The summed E-state index contributed by atoms with van der Waals surface area (Å²) in [6.45, 7) is 5.66. The van der Waals surface area contributed by atoms with Crippen LogP contribution in [0, 0.1) is 22.6 Å². The molecule has 0 aliphatic carbocycles. The van der Waals surface area contributed by atoms with E-state index in [0.717, 1.165) is 5.56 Å². The first-order valence-corrected chi connectivity index (χ1v) is 13.1. The van der Waals surface area contributed by atoms with E-state index in [0.29, 0.717) is 11.3 Å². The Bertz CT molecular complexity index is 1460. The smallest absolute Gasteiger partial charge is 0.312 e. The molecule has 1 fully saturated rings. The molecule has 3 heterocycles. The van der Waals surface area contributed by atoms with Gasteiger partial charge in [-0.15, -0.1) is 0 Å². The van der Waals surface area contributed by atoms with E-state index in [9.17, 15) is 28.8 Å². The molecule has 0 aromatic heterocycles. The van der Waals surface area contributed by atoms with Gasteiger partial charge in [0.2, 0.25) is 11.8 Å². The molecule has 4 N–H and O–H groups in total. The minimum Gasteiger partial charge on any atom is -0.352 e. The largest absolute Gasteiger partial charge is 0.352 e. The Kier molecular flexibility index (Phi) is 6.53. The van der Waals surface area contributed by atoms with Crippen molar-refractivity contribution in [1.29, 1.82) is 5.26 Å². The van der Waals surface area contributed by atoms with Crippen molar-refractivity contribution in [2.75, 3.05) is 16.8 Å². The van der Waals surface area contributed by atoms with Crippen LogP contribution in [0.25, 0.3) is 0 Å². The van der Waals surface area contributed by atoms with Gasteiger partial charge in [0.1, 0.15) is 23.9 Å². The van der Waals surface area contributed by atoms with Crippen molar-refractivity contribution in [3.63, 3.8) is 0 Å². The number of nitrogens with zero attached hydrogens (tertiary/aromatic N) is 3. The van der Waals surface area contributed by atoms with E-state index < -0.39 is 52.6 Å². The van der Waals surface area contributed by atoms with Gasteiger partial charge in [-0.25, -0.2) is 9.18 Å². The van der Waals surface area contributed by atoms with Crippen LogP contribution in [0.15, 0.2) is 42.5 Å². The highest BCUT2D eigenvalue weighted by Gasteiger charge is 2.57. The molecule has 10 nitrogen and oxygen atoms in total. The Balaban J connectivity index is 1.59. The fraction of sp³-hybridized carbons (Fsp3) is 0.414. The number of rotatable bonds is 4. The van der Waals surface area contributed by atoms with Gasteiger partial charge in [-0.3, -0.25) is 19.3 Å². The highest BCUT2D eigenvalue weighted by atomic mass is 19.1. The fourth-order valence-electron chi connectivity index (χ4n) is 6.18. The fourth-order valence-corrected chi connectivity index (χ4v) is 6.18. The van der Waals surface area contributed by atoms with E-state index in [2.05, 4.69) is 16.7 Å². The second-order valence-electron chi connectivity index (χ2n) is 11.9. The van der Waals surface area contributed by atoms with Crippen LogP contribution >= 0.6 is 0 Å². The topological polar surface area (TPSA) is 149 Å². The SMILES string of the molecule is CC(C)(C)C[C@@H](C(=O)N1C[C@]2(C[C@H]1C#N)C(=O)Nc1ccccc12)N1C(=O)[C@@H](NC(N)=O)Cc2ccc(F)cc21. The summed E-state index contributed by atoms with van der Waals surface area (Å²) >= 11 is 0. The first kappa shape index (κ1) is 27.1. The van der Waals surface area contributed by atoms with Crippen LogP contribution < -0.4 is 21.3 Å². The van der Waals surface area contributed by atoms with E-state index in [-0.39, 0.29) is 37.4 Å². The number of hydrogen-bond acceptors (Lipinski definition) is 5. The van der Waals surface area contributed by atoms with Crippen LogP contribution in [0.3, 0.4) is 0 Å². The van der Waals surface area contributed by atoms with Crippen molar-refractivity contribution in [3.8, 4) is 6.07 Å². The molecule has 1 spiro atoms. The number of nitrogens with one attached hydrogen (secondary N) is 2. The zero-order valence-electron chi connectivity index (χ0n) is 22.5. The predicted octanol–water partition coefficient (Wildman–Crippen LogP) is 2.57. The van der Waals surface area contributed by atoms with Crippen molar-refractivity contribution in [3.05, 3.63) is 59.4 Å². The van der Waals surface area contributed by atoms with Gasteiger partial charge >= 0.3 is 6.03 Å². The molecule has 5 rings (SSSR count).